The predicted octanol–water partition coefficient (Wildman–Crippen LogP) is 8.68. The molecule has 180 valence electrons. The molecule has 34 heavy (non-hydrogen) atoms. The van der Waals surface area contributed by atoms with Crippen LogP contribution < -0.4 is 0 Å². The Bertz CT molecular complexity index is 1100. The van der Waals surface area contributed by atoms with Gasteiger partial charge in [0.05, 0.1) is 0 Å². The molecule has 5 rings (SSSR count). The number of rotatable bonds is 0. The Labute approximate surface area is 229 Å². The number of fused-ring (bicyclic) bond motifs is 2. The summed E-state index contributed by atoms with van der Waals surface area (Å²) in [5, 5.41) is 14.4. The van der Waals surface area contributed by atoms with E-state index in [0.29, 0.717) is 5.75 Å². The van der Waals surface area contributed by atoms with Gasteiger partial charge < -0.3 is 20.0 Å². The summed E-state index contributed by atoms with van der Waals surface area (Å²) in [5.41, 5.74) is 4.82. The standard InChI is InChI=1S/2C10H9.C8H10O.2CH3.ClH.Si.Zr/c2*1-8-6-9-4-2-3-5-10(9)7-8;1-6-3-4-8(9)7(2)5-6;;;;;/h2*2-7H,1H3;3-5,9H,1-2H3;2*1H3;1H;;/q2*-1;;2*-1;;;. The van der Waals surface area contributed by atoms with Crippen LogP contribution in [0.1, 0.15) is 22.3 Å². The van der Waals surface area contributed by atoms with Crippen LogP contribution in [0.5, 0.6) is 5.75 Å². The molecular formula is C30H35ClOSiZr-4. The van der Waals surface area contributed by atoms with Crippen LogP contribution >= 0.6 is 12.4 Å². The second-order valence-corrected chi connectivity index (χ2v) is 7.61. The van der Waals surface area contributed by atoms with Crippen molar-refractivity contribution in [3.8, 4) is 5.75 Å². The molecule has 5 aromatic carbocycles. The molecular weight excluding hydrogens is 531 g/mol. The number of benzene rings is 3. The normalized spacial score (nSPS) is 8.79. The summed E-state index contributed by atoms with van der Waals surface area (Å²) in [4.78, 5) is 0. The zero-order chi connectivity index (χ0) is 22.8. The summed E-state index contributed by atoms with van der Waals surface area (Å²) >= 11 is 1.36. The summed E-state index contributed by atoms with van der Waals surface area (Å²) in [5.74, 6) is 0.376. The van der Waals surface area contributed by atoms with E-state index in [2.05, 4.69) is 93.5 Å². The third-order valence-electron chi connectivity index (χ3n) is 4.88. The second kappa shape index (κ2) is 17.5. The van der Waals surface area contributed by atoms with Crippen molar-refractivity contribution in [3.63, 3.8) is 0 Å². The van der Waals surface area contributed by atoms with Crippen molar-refractivity contribution in [1.82, 2.24) is 0 Å². The molecule has 0 aliphatic carbocycles. The second-order valence-electron chi connectivity index (χ2n) is 7.61. The topological polar surface area (TPSA) is 20.2 Å². The molecule has 1 N–H and O–H groups in total. The first kappa shape index (κ1) is 34.2. The number of hydrogen-bond donors (Lipinski definition) is 1. The monoisotopic (exact) mass is 564 g/mol. The fourth-order valence-corrected chi connectivity index (χ4v) is 3.42. The van der Waals surface area contributed by atoms with Crippen molar-refractivity contribution in [3.05, 3.63) is 128 Å². The van der Waals surface area contributed by atoms with Crippen LogP contribution in [0.2, 0.25) is 0 Å². The first-order valence-electron chi connectivity index (χ1n) is 10.2. The molecule has 0 atom stereocenters. The van der Waals surface area contributed by atoms with Gasteiger partial charge >= 0.3 is 30.2 Å². The Hall–Kier alpha value is -1.93. The van der Waals surface area contributed by atoms with Crippen LogP contribution in [0, 0.1) is 42.5 Å². The SMILES string of the molecule is Cc1cc2ccccc2[cH-]1.Cc1cc2ccccc2[cH-]1.Cc1ccc(O)c(C)c1.Cl.[CH3-].[CH3-].[Si]=[Zr]. The molecule has 2 radical (unpaired) electrons. The number of aromatic hydroxyl groups is 1. The molecule has 0 aliphatic heterocycles. The van der Waals surface area contributed by atoms with Gasteiger partial charge in [0.1, 0.15) is 5.75 Å². The molecule has 1 nitrogen and oxygen atoms in total. The summed E-state index contributed by atoms with van der Waals surface area (Å²) in [7, 11) is 0. The van der Waals surface area contributed by atoms with Gasteiger partial charge in [-0.25, -0.2) is 0 Å². The van der Waals surface area contributed by atoms with E-state index in [9.17, 15) is 0 Å². The van der Waals surface area contributed by atoms with Crippen molar-refractivity contribution in [2.45, 2.75) is 27.7 Å². The van der Waals surface area contributed by atoms with Crippen molar-refractivity contribution < 1.29 is 28.4 Å². The van der Waals surface area contributed by atoms with Crippen LogP contribution in [0.3, 0.4) is 0 Å². The maximum atomic E-state index is 9.04. The summed E-state index contributed by atoms with van der Waals surface area (Å²) in [6.07, 6.45) is 0. The molecule has 0 unspecified atom stereocenters. The summed E-state index contributed by atoms with van der Waals surface area (Å²) < 4.78 is 0. The fraction of sp³-hybridized carbons (Fsp3) is 0.133. The molecule has 0 heterocycles. The van der Waals surface area contributed by atoms with Crippen LogP contribution in [0.15, 0.2) is 91.0 Å². The molecule has 0 bridgehead atoms. The van der Waals surface area contributed by atoms with Crippen LogP contribution in [0.25, 0.3) is 21.5 Å². The molecule has 4 heteroatoms. The fourth-order valence-electron chi connectivity index (χ4n) is 3.42. The summed E-state index contributed by atoms with van der Waals surface area (Å²) in [6, 6.07) is 31.2. The van der Waals surface area contributed by atoms with E-state index in [0.717, 1.165) is 5.56 Å². The van der Waals surface area contributed by atoms with E-state index in [4.69, 9.17) is 5.11 Å². The first-order chi connectivity index (χ1) is 14.9. The van der Waals surface area contributed by atoms with Gasteiger partial charge in [-0.2, -0.15) is 12.1 Å². The van der Waals surface area contributed by atoms with Crippen LogP contribution in [-0.2, 0) is 23.3 Å². The average molecular weight is 566 g/mol. The van der Waals surface area contributed by atoms with Gasteiger partial charge in [0.15, 0.2) is 0 Å². The van der Waals surface area contributed by atoms with Gasteiger partial charge in [0.25, 0.3) is 0 Å². The number of halogens is 1. The van der Waals surface area contributed by atoms with Gasteiger partial charge in [-0.15, -0.1) is 93.6 Å². The molecule has 0 aliphatic rings. The molecule has 0 fully saturated rings. The summed E-state index contributed by atoms with van der Waals surface area (Å²) in [6.45, 7) is 11.2. The minimum atomic E-state index is 0. The van der Waals surface area contributed by atoms with Gasteiger partial charge in [0, 0.05) is 0 Å². The third-order valence-corrected chi connectivity index (χ3v) is 4.88. The van der Waals surface area contributed by atoms with Crippen molar-refractivity contribution in [2.24, 2.45) is 0 Å². The Morgan fingerprint density at radius 1 is 0.647 bits per heavy atom. The molecule has 0 saturated carbocycles. The van der Waals surface area contributed by atoms with E-state index in [-0.39, 0.29) is 27.3 Å². The molecule has 0 spiro atoms. The number of hydrogen-bond acceptors (Lipinski definition) is 1. The Morgan fingerprint density at radius 3 is 1.41 bits per heavy atom. The van der Waals surface area contributed by atoms with Crippen molar-refractivity contribution >= 4 is 40.8 Å². The molecule has 0 amide bonds. The maximum absolute atomic E-state index is 9.04. The molecule has 5 aromatic rings. The first-order valence-corrected chi connectivity index (χ1v) is 14.4. The quantitative estimate of drug-likeness (QED) is 0.147. The zero-order valence-electron chi connectivity index (χ0n) is 21.0. The molecule has 0 saturated heterocycles. The minimum absolute atomic E-state index is 0. The third kappa shape index (κ3) is 10.6. The predicted molar refractivity (Wildman–Crippen MR) is 152 cm³/mol. The number of phenolic OH excluding ortho intramolecular Hbond substituents is 1. The van der Waals surface area contributed by atoms with E-state index in [1.54, 1.807) is 6.07 Å². The number of phenols is 1. The zero-order valence-corrected chi connectivity index (χ0v) is 25.3. The molecule has 0 aromatic heterocycles. The van der Waals surface area contributed by atoms with Gasteiger partial charge in [0.2, 0.25) is 0 Å². The van der Waals surface area contributed by atoms with Crippen molar-refractivity contribution in [2.75, 3.05) is 0 Å². The van der Waals surface area contributed by atoms with Gasteiger partial charge in [-0.1, -0.05) is 43.7 Å². The van der Waals surface area contributed by atoms with E-state index >= 15 is 0 Å². The van der Waals surface area contributed by atoms with E-state index in [1.807, 2.05) is 26.0 Å². The van der Waals surface area contributed by atoms with Crippen molar-refractivity contribution in [1.29, 1.82) is 0 Å². The van der Waals surface area contributed by atoms with E-state index in [1.165, 1.54) is 61.6 Å². The Kier molecular flexibility index (Phi) is 17.6. The van der Waals surface area contributed by atoms with Gasteiger partial charge in [-0.05, 0) is 25.5 Å². The van der Waals surface area contributed by atoms with Crippen LogP contribution in [0.4, 0.5) is 0 Å². The van der Waals surface area contributed by atoms with Gasteiger partial charge in [-0.3, -0.25) is 0 Å². The Morgan fingerprint density at radius 2 is 1.06 bits per heavy atom. The van der Waals surface area contributed by atoms with Crippen LogP contribution in [-0.4, -0.2) is 12.0 Å². The Balaban J connectivity index is 0. The number of aryl methyl sites for hydroxylation is 4. The van der Waals surface area contributed by atoms with E-state index < -0.39 is 0 Å². The average Bonchev–Trinajstić information content (AvgIpc) is 3.33.